The van der Waals surface area contributed by atoms with Crippen molar-refractivity contribution in [1.82, 2.24) is 5.32 Å². The van der Waals surface area contributed by atoms with Crippen LogP contribution in [0.1, 0.15) is 26.7 Å². The van der Waals surface area contributed by atoms with E-state index in [1.807, 2.05) is 31.2 Å². The number of rotatable bonds is 3. The molecular formula is C14H17IN2O2. The third-order valence-corrected chi connectivity index (χ3v) is 3.95. The Balaban J connectivity index is 2.35. The molecule has 2 atom stereocenters. The summed E-state index contributed by atoms with van der Waals surface area (Å²) in [5.41, 5.74) is 0.792. The highest BCUT2D eigenvalue weighted by molar-refractivity contribution is 14.1. The predicted octanol–water partition coefficient (Wildman–Crippen LogP) is 2.31. The topological polar surface area (TPSA) is 49.4 Å². The summed E-state index contributed by atoms with van der Waals surface area (Å²) in [5, 5.41) is 2.80. The molecule has 1 saturated heterocycles. The second kappa shape index (κ2) is 5.90. The second-order valence-corrected chi connectivity index (χ2v) is 5.96. The van der Waals surface area contributed by atoms with Crippen molar-refractivity contribution in [3.05, 3.63) is 27.8 Å². The van der Waals surface area contributed by atoms with Gasteiger partial charge in [-0.3, -0.25) is 14.5 Å². The zero-order valence-electron chi connectivity index (χ0n) is 11.0. The molecule has 1 fully saturated rings. The molecule has 5 heteroatoms. The van der Waals surface area contributed by atoms with Gasteiger partial charge in [-0.1, -0.05) is 19.4 Å². The molecule has 1 aliphatic heterocycles. The molecule has 102 valence electrons. The molecule has 0 radical (unpaired) electrons. The Morgan fingerprint density at radius 2 is 2.11 bits per heavy atom. The minimum absolute atomic E-state index is 0.0176. The van der Waals surface area contributed by atoms with Crippen LogP contribution in [0.3, 0.4) is 0 Å². The van der Waals surface area contributed by atoms with Gasteiger partial charge < -0.3 is 5.32 Å². The molecule has 0 spiro atoms. The van der Waals surface area contributed by atoms with E-state index in [-0.39, 0.29) is 11.8 Å². The fourth-order valence-corrected chi connectivity index (χ4v) is 2.82. The lowest BCUT2D eigenvalue weighted by Gasteiger charge is -2.37. The van der Waals surface area contributed by atoms with Gasteiger partial charge in [0.25, 0.3) is 0 Å². The maximum Gasteiger partial charge on any atom is 0.250 e. The summed E-state index contributed by atoms with van der Waals surface area (Å²) >= 11 is 2.20. The van der Waals surface area contributed by atoms with E-state index in [2.05, 4.69) is 27.9 Å². The first-order valence-electron chi connectivity index (χ1n) is 6.43. The van der Waals surface area contributed by atoms with Crippen LogP contribution in [-0.4, -0.2) is 23.9 Å². The maximum atomic E-state index is 12.5. The lowest BCUT2D eigenvalue weighted by atomic mass is 10.0. The van der Waals surface area contributed by atoms with Crippen LogP contribution in [-0.2, 0) is 9.59 Å². The van der Waals surface area contributed by atoms with Gasteiger partial charge in [0.1, 0.15) is 12.1 Å². The highest BCUT2D eigenvalue weighted by Crippen LogP contribution is 2.24. The molecule has 0 aromatic heterocycles. The molecule has 4 nitrogen and oxygen atoms in total. The van der Waals surface area contributed by atoms with Crippen molar-refractivity contribution in [2.75, 3.05) is 4.90 Å². The van der Waals surface area contributed by atoms with E-state index in [9.17, 15) is 9.59 Å². The van der Waals surface area contributed by atoms with Crippen molar-refractivity contribution in [1.29, 1.82) is 0 Å². The van der Waals surface area contributed by atoms with Crippen LogP contribution in [0.2, 0.25) is 0 Å². The Hall–Kier alpha value is -1.11. The van der Waals surface area contributed by atoms with E-state index in [0.29, 0.717) is 6.42 Å². The fourth-order valence-electron chi connectivity index (χ4n) is 2.29. The first-order chi connectivity index (χ1) is 9.04. The number of anilines is 1. The van der Waals surface area contributed by atoms with Gasteiger partial charge in [0, 0.05) is 9.26 Å². The predicted molar refractivity (Wildman–Crippen MR) is 82.9 cm³/mol. The molecule has 19 heavy (non-hydrogen) atoms. The fraction of sp³-hybridized carbons (Fsp3) is 0.429. The summed E-state index contributed by atoms with van der Waals surface area (Å²) in [4.78, 5) is 26.1. The Morgan fingerprint density at radius 3 is 2.74 bits per heavy atom. The number of benzene rings is 1. The van der Waals surface area contributed by atoms with Gasteiger partial charge in [0.15, 0.2) is 0 Å². The molecule has 2 unspecified atom stereocenters. The Labute approximate surface area is 126 Å². The van der Waals surface area contributed by atoms with E-state index in [4.69, 9.17) is 0 Å². The number of hydrogen-bond acceptors (Lipinski definition) is 2. The third kappa shape index (κ3) is 2.91. The van der Waals surface area contributed by atoms with Gasteiger partial charge >= 0.3 is 0 Å². The first kappa shape index (κ1) is 14.3. The molecule has 1 aromatic rings. The smallest absolute Gasteiger partial charge is 0.250 e. The molecule has 2 amide bonds. The number of amides is 2. The zero-order valence-corrected chi connectivity index (χ0v) is 13.2. The number of nitrogens with one attached hydrogen (secondary N) is 1. The summed E-state index contributed by atoms with van der Waals surface area (Å²) in [6, 6.07) is 6.81. The van der Waals surface area contributed by atoms with Crippen molar-refractivity contribution in [2.45, 2.75) is 38.8 Å². The van der Waals surface area contributed by atoms with Gasteiger partial charge in [0.05, 0.1) is 0 Å². The number of piperazine rings is 1. The molecule has 0 bridgehead atoms. The van der Waals surface area contributed by atoms with Crippen LogP contribution < -0.4 is 10.2 Å². The quantitative estimate of drug-likeness (QED) is 0.828. The molecule has 2 rings (SSSR count). The van der Waals surface area contributed by atoms with Gasteiger partial charge in [-0.25, -0.2) is 0 Å². The highest BCUT2D eigenvalue weighted by Gasteiger charge is 2.38. The molecular weight excluding hydrogens is 355 g/mol. The van der Waals surface area contributed by atoms with Crippen LogP contribution >= 0.6 is 22.6 Å². The Bertz CT molecular complexity index is 504. The van der Waals surface area contributed by atoms with Crippen molar-refractivity contribution in [3.8, 4) is 0 Å². The van der Waals surface area contributed by atoms with Crippen molar-refractivity contribution < 1.29 is 9.59 Å². The van der Waals surface area contributed by atoms with E-state index >= 15 is 0 Å². The summed E-state index contributed by atoms with van der Waals surface area (Å²) < 4.78 is 1.05. The number of carbonyl (C=O) groups excluding carboxylic acids is 2. The van der Waals surface area contributed by atoms with Crippen LogP contribution in [0.4, 0.5) is 5.69 Å². The van der Waals surface area contributed by atoms with E-state index < -0.39 is 12.1 Å². The molecule has 1 heterocycles. The minimum atomic E-state index is -0.459. The number of nitrogens with zero attached hydrogens (tertiary/aromatic N) is 1. The van der Waals surface area contributed by atoms with E-state index in [1.54, 1.807) is 11.8 Å². The lowest BCUT2D eigenvalue weighted by molar-refractivity contribution is -0.133. The van der Waals surface area contributed by atoms with E-state index in [1.165, 1.54) is 0 Å². The first-order valence-corrected chi connectivity index (χ1v) is 7.51. The van der Waals surface area contributed by atoms with Crippen molar-refractivity contribution in [3.63, 3.8) is 0 Å². The molecule has 0 saturated carbocycles. The average Bonchev–Trinajstić information content (AvgIpc) is 2.36. The summed E-state index contributed by atoms with van der Waals surface area (Å²) in [6.45, 7) is 3.77. The molecule has 1 N–H and O–H groups in total. The summed E-state index contributed by atoms with van der Waals surface area (Å²) in [5.74, 6) is -0.104. The summed E-state index contributed by atoms with van der Waals surface area (Å²) in [7, 11) is 0. The SMILES string of the molecule is CCCC1NC(=O)C(C)N(c2cccc(I)c2)C1=O. The normalized spacial score (nSPS) is 23.4. The lowest BCUT2D eigenvalue weighted by Crippen LogP contribution is -2.62. The molecule has 0 aliphatic carbocycles. The van der Waals surface area contributed by atoms with Gasteiger partial charge in [0.2, 0.25) is 11.8 Å². The van der Waals surface area contributed by atoms with Gasteiger partial charge in [-0.05, 0) is 54.1 Å². The van der Waals surface area contributed by atoms with Crippen molar-refractivity contribution >= 4 is 40.1 Å². The maximum absolute atomic E-state index is 12.5. The zero-order chi connectivity index (χ0) is 14.0. The van der Waals surface area contributed by atoms with E-state index in [0.717, 1.165) is 15.7 Å². The summed E-state index contributed by atoms with van der Waals surface area (Å²) in [6.07, 6.45) is 1.54. The Kier molecular flexibility index (Phi) is 4.44. The van der Waals surface area contributed by atoms with Crippen LogP contribution in [0, 0.1) is 3.57 Å². The van der Waals surface area contributed by atoms with Crippen LogP contribution in [0.15, 0.2) is 24.3 Å². The highest BCUT2D eigenvalue weighted by atomic mass is 127. The monoisotopic (exact) mass is 372 g/mol. The third-order valence-electron chi connectivity index (χ3n) is 3.28. The number of hydrogen-bond donors (Lipinski definition) is 1. The average molecular weight is 372 g/mol. The number of halogens is 1. The van der Waals surface area contributed by atoms with Crippen LogP contribution in [0.5, 0.6) is 0 Å². The van der Waals surface area contributed by atoms with Gasteiger partial charge in [-0.15, -0.1) is 0 Å². The molecule has 1 aliphatic rings. The van der Waals surface area contributed by atoms with Crippen molar-refractivity contribution in [2.24, 2.45) is 0 Å². The standard InChI is InChI=1S/C14H17IN2O2/c1-3-5-12-14(19)17(9(2)13(18)16-12)11-7-4-6-10(15)8-11/h4,6-9,12H,3,5H2,1-2H3,(H,16,18). The number of carbonyl (C=O) groups is 2. The largest absolute Gasteiger partial charge is 0.342 e. The van der Waals surface area contributed by atoms with Gasteiger partial charge in [-0.2, -0.15) is 0 Å². The molecule has 1 aromatic carbocycles. The second-order valence-electron chi connectivity index (χ2n) is 4.71. The minimum Gasteiger partial charge on any atom is -0.342 e. The van der Waals surface area contributed by atoms with Crippen LogP contribution in [0.25, 0.3) is 0 Å². The Morgan fingerprint density at radius 1 is 1.37 bits per heavy atom.